The molecule has 0 aliphatic rings. The summed E-state index contributed by atoms with van der Waals surface area (Å²) in [4.78, 5) is 36.7. The first kappa shape index (κ1) is 26.2. The number of carbonyl (C=O) groups excluding carboxylic acids is 1. The fourth-order valence-corrected chi connectivity index (χ4v) is 3.62. The van der Waals surface area contributed by atoms with Gasteiger partial charge in [0.25, 0.3) is 5.56 Å². The first-order valence-corrected chi connectivity index (χ1v) is 11.7. The molecule has 1 unspecified atom stereocenters. The second kappa shape index (κ2) is 14.2. The van der Waals surface area contributed by atoms with Crippen molar-refractivity contribution >= 4 is 5.97 Å². The molecule has 0 amide bonds. The van der Waals surface area contributed by atoms with Gasteiger partial charge >= 0.3 is 11.7 Å². The summed E-state index contributed by atoms with van der Waals surface area (Å²) in [6.45, 7) is 12.1. The highest BCUT2D eigenvalue weighted by atomic mass is 16.5. The summed E-state index contributed by atoms with van der Waals surface area (Å²) in [5, 5.41) is 0. The fourth-order valence-electron chi connectivity index (χ4n) is 3.62. The maximum atomic E-state index is 12.5. The Balaban J connectivity index is 2.34. The van der Waals surface area contributed by atoms with Gasteiger partial charge in [-0.05, 0) is 43.9 Å². The average Bonchev–Trinajstić information content (AvgIpc) is 2.68. The maximum absolute atomic E-state index is 12.5. The van der Waals surface area contributed by atoms with E-state index in [0.29, 0.717) is 31.5 Å². The molecular weight excluding hydrogens is 380 g/mol. The van der Waals surface area contributed by atoms with E-state index >= 15 is 0 Å². The van der Waals surface area contributed by atoms with Crippen molar-refractivity contribution in [3.63, 3.8) is 0 Å². The van der Waals surface area contributed by atoms with E-state index in [1.807, 2.05) is 0 Å². The lowest BCUT2D eigenvalue weighted by Crippen LogP contribution is -2.39. The molecule has 30 heavy (non-hydrogen) atoms. The number of nitrogens with zero attached hydrogens (tertiary/aromatic N) is 2. The van der Waals surface area contributed by atoms with Crippen LogP contribution in [0.4, 0.5) is 0 Å². The van der Waals surface area contributed by atoms with Crippen LogP contribution >= 0.6 is 0 Å². The summed E-state index contributed by atoms with van der Waals surface area (Å²) in [6, 6.07) is 1.48. The number of rotatable bonds is 15. The molecule has 0 saturated heterocycles. The molecule has 1 aromatic rings. The third-order valence-electron chi connectivity index (χ3n) is 5.50. The van der Waals surface area contributed by atoms with Crippen LogP contribution in [0, 0.1) is 17.8 Å². The van der Waals surface area contributed by atoms with Gasteiger partial charge in [-0.15, -0.1) is 0 Å². The van der Waals surface area contributed by atoms with E-state index in [4.69, 9.17) is 4.74 Å². The van der Waals surface area contributed by atoms with E-state index in [2.05, 4.69) is 34.6 Å². The number of hydrogen-bond donors (Lipinski definition) is 0. The number of hydrogen-bond acceptors (Lipinski definition) is 4. The van der Waals surface area contributed by atoms with Gasteiger partial charge in [0.1, 0.15) is 0 Å². The van der Waals surface area contributed by atoms with Gasteiger partial charge in [0, 0.05) is 25.4 Å². The predicted octanol–water partition coefficient (Wildman–Crippen LogP) is 4.62. The molecule has 0 spiro atoms. The second-order valence-electron chi connectivity index (χ2n) is 9.05. The Bertz CT molecular complexity index is 733. The minimum atomic E-state index is -0.216. The summed E-state index contributed by atoms with van der Waals surface area (Å²) in [5.41, 5.74) is -0.427. The molecule has 1 atom stereocenters. The Hall–Kier alpha value is -1.85. The van der Waals surface area contributed by atoms with Crippen molar-refractivity contribution in [2.24, 2.45) is 17.8 Å². The zero-order valence-corrected chi connectivity index (χ0v) is 19.7. The van der Waals surface area contributed by atoms with E-state index in [-0.39, 0.29) is 23.1 Å². The highest BCUT2D eigenvalue weighted by Gasteiger charge is 2.24. The Labute approximate surface area is 181 Å². The molecule has 0 saturated carbocycles. The van der Waals surface area contributed by atoms with Crippen molar-refractivity contribution in [3.05, 3.63) is 33.1 Å². The molecule has 1 rings (SSSR count). The maximum Gasteiger partial charge on any atom is 0.330 e. The molecule has 0 fully saturated rings. The van der Waals surface area contributed by atoms with Gasteiger partial charge in [-0.25, -0.2) is 4.79 Å². The lowest BCUT2D eigenvalue weighted by atomic mass is 9.88. The molecule has 6 nitrogen and oxygen atoms in total. The Morgan fingerprint density at radius 1 is 0.967 bits per heavy atom. The van der Waals surface area contributed by atoms with Crippen molar-refractivity contribution in [3.8, 4) is 0 Å². The monoisotopic (exact) mass is 422 g/mol. The standard InChI is InChI=1S/C24H42N2O4/c1-6-7-10-15-26-22(27)13-16-25(24(26)29)14-11-8-9-12-17-30-23(28)21(20(4)5)18-19(2)3/h13,16,19-21H,6-12,14-15,17-18H2,1-5H3. The van der Waals surface area contributed by atoms with Crippen molar-refractivity contribution in [2.75, 3.05) is 6.61 Å². The molecule has 1 heterocycles. The molecule has 0 aliphatic carbocycles. The van der Waals surface area contributed by atoms with Crippen molar-refractivity contribution in [1.29, 1.82) is 0 Å². The van der Waals surface area contributed by atoms with E-state index in [1.54, 1.807) is 10.8 Å². The molecule has 0 aliphatic heterocycles. The molecule has 172 valence electrons. The number of carbonyl (C=O) groups is 1. The molecule has 0 radical (unpaired) electrons. The number of aryl methyl sites for hydroxylation is 1. The van der Waals surface area contributed by atoms with Crippen LogP contribution in [0.5, 0.6) is 0 Å². The molecule has 6 heteroatoms. The normalized spacial score (nSPS) is 12.5. The zero-order valence-electron chi connectivity index (χ0n) is 19.7. The number of esters is 1. The van der Waals surface area contributed by atoms with E-state index in [1.165, 1.54) is 10.6 Å². The SMILES string of the molecule is CCCCCn1c(=O)ccn(CCCCCCOC(=O)C(CC(C)C)C(C)C)c1=O. The van der Waals surface area contributed by atoms with Gasteiger partial charge in [-0.3, -0.25) is 14.2 Å². The Morgan fingerprint density at radius 2 is 1.63 bits per heavy atom. The minimum Gasteiger partial charge on any atom is -0.465 e. The molecule has 1 aromatic heterocycles. The second-order valence-corrected chi connectivity index (χ2v) is 9.05. The van der Waals surface area contributed by atoms with Crippen LogP contribution < -0.4 is 11.2 Å². The minimum absolute atomic E-state index is 0.0233. The first-order valence-electron chi connectivity index (χ1n) is 11.7. The van der Waals surface area contributed by atoms with Crippen LogP contribution in [0.15, 0.2) is 21.9 Å². The number of aromatic nitrogens is 2. The van der Waals surface area contributed by atoms with Gasteiger partial charge < -0.3 is 9.30 Å². The van der Waals surface area contributed by atoms with Gasteiger partial charge in [-0.1, -0.05) is 53.9 Å². The largest absolute Gasteiger partial charge is 0.465 e. The highest BCUT2D eigenvalue weighted by Crippen LogP contribution is 2.21. The molecule has 0 bridgehead atoms. The van der Waals surface area contributed by atoms with Crippen LogP contribution in [0.25, 0.3) is 0 Å². The van der Waals surface area contributed by atoms with Crippen molar-refractivity contribution < 1.29 is 9.53 Å². The molecular formula is C24H42N2O4. The smallest absolute Gasteiger partial charge is 0.330 e. The number of unbranched alkanes of at least 4 members (excludes halogenated alkanes) is 5. The topological polar surface area (TPSA) is 70.3 Å². The van der Waals surface area contributed by atoms with Crippen molar-refractivity contribution in [2.45, 2.75) is 99.1 Å². The lowest BCUT2D eigenvalue weighted by Gasteiger charge is -2.21. The van der Waals surface area contributed by atoms with Crippen LogP contribution in [0.3, 0.4) is 0 Å². The predicted molar refractivity (Wildman–Crippen MR) is 122 cm³/mol. The third-order valence-corrected chi connectivity index (χ3v) is 5.50. The van der Waals surface area contributed by atoms with Gasteiger partial charge in [0.05, 0.1) is 12.5 Å². The Kier molecular flexibility index (Phi) is 12.4. The van der Waals surface area contributed by atoms with Crippen LogP contribution in [0.1, 0.15) is 86.0 Å². The van der Waals surface area contributed by atoms with Crippen LogP contribution in [-0.4, -0.2) is 21.7 Å². The van der Waals surface area contributed by atoms with Crippen LogP contribution in [-0.2, 0) is 22.6 Å². The third kappa shape index (κ3) is 9.31. The first-order chi connectivity index (χ1) is 14.3. The summed E-state index contributed by atoms with van der Waals surface area (Å²) in [7, 11) is 0. The van der Waals surface area contributed by atoms with E-state index in [9.17, 15) is 14.4 Å². The van der Waals surface area contributed by atoms with Crippen LogP contribution in [0.2, 0.25) is 0 Å². The van der Waals surface area contributed by atoms with Gasteiger partial charge in [0.2, 0.25) is 0 Å². The summed E-state index contributed by atoms with van der Waals surface area (Å²) < 4.78 is 8.47. The average molecular weight is 423 g/mol. The summed E-state index contributed by atoms with van der Waals surface area (Å²) >= 11 is 0. The highest BCUT2D eigenvalue weighted by molar-refractivity contribution is 5.72. The van der Waals surface area contributed by atoms with Crippen molar-refractivity contribution in [1.82, 2.24) is 9.13 Å². The van der Waals surface area contributed by atoms with E-state index in [0.717, 1.165) is 51.4 Å². The lowest BCUT2D eigenvalue weighted by molar-refractivity contribution is -0.151. The number of ether oxygens (including phenoxy) is 1. The summed E-state index contributed by atoms with van der Waals surface area (Å²) in [6.07, 6.45) is 9.00. The van der Waals surface area contributed by atoms with Gasteiger partial charge in [0.15, 0.2) is 0 Å². The molecule has 0 N–H and O–H groups in total. The Morgan fingerprint density at radius 3 is 2.27 bits per heavy atom. The van der Waals surface area contributed by atoms with E-state index < -0.39 is 0 Å². The molecule has 0 aromatic carbocycles. The fraction of sp³-hybridized carbons (Fsp3) is 0.792. The quantitative estimate of drug-likeness (QED) is 0.305. The zero-order chi connectivity index (χ0) is 22.5. The summed E-state index contributed by atoms with van der Waals surface area (Å²) in [5.74, 6) is 0.679. The van der Waals surface area contributed by atoms with Gasteiger partial charge in [-0.2, -0.15) is 0 Å².